The second-order valence-electron chi connectivity index (χ2n) is 7.81. The van der Waals surface area contributed by atoms with Crippen LogP contribution in [-0.4, -0.2) is 31.2 Å². The number of carbonyl (C=O) groups excluding carboxylic acids is 1. The maximum absolute atomic E-state index is 13.4. The lowest BCUT2D eigenvalue weighted by Gasteiger charge is -2.25. The van der Waals surface area contributed by atoms with Gasteiger partial charge in [-0.25, -0.2) is 8.42 Å². The van der Waals surface area contributed by atoms with Crippen LogP contribution >= 0.6 is 0 Å². The van der Waals surface area contributed by atoms with E-state index in [-0.39, 0.29) is 5.91 Å². The van der Waals surface area contributed by atoms with E-state index in [1.807, 2.05) is 65.0 Å². The highest BCUT2D eigenvalue weighted by atomic mass is 32.2. The fraction of sp³-hybridized carbons (Fsp3) is 0.409. The zero-order valence-corrected chi connectivity index (χ0v) is 18.0. The van der Waals surface area contributed by atoms with Gasteiger partial charge >= 0.3 is 0 Å². The van der Waals surface area contributed by atoms with Gasteiger partial charge in [0.1, 0.15) is 6.04 Å². The average Bonchev–Trinajstić information content (AvgIpc) is 3.06. The van der Waals surface area contributed by atoms with Crippen LogP contribution < -0.4 is 5.32 Å². The van der Waals surface area contributed by atoms with Crippen LogP contribution in [0.25, 0.3) is 0 Å². The Kier molecular flexibility index (Phi) is 5.64. The van der Waals surface area contributed by atoms with Gasteiger partial charge in [-0.15, -0.1) is 0 Å². The summed E-state index contributed by atoms with van der Waals surface area (Å²) in [7, 11) is -3.75. The molecule has 1 heterocycles. The number of hydrogen-bond acceptors (Lipinski definition) is 3. The number of nitrogens with zero attached hydrogens (tertiary/aromatic N) is 1. The van der Waals surface area contributed by atoms with Crippen LogP contribution in [0.4, 0.5) is 5.69 Å². The van der Waals surface area contributed by atoms with Crippen molar-refractivity contribution in [1.29, 1.82) is 0 Å². The molecule has 1 unspecified atom stereocenters. The summed E-state index contributed by atoms with van der Waals surface area (Å²) in [4.78, 5) is 13.3. The van der Waals surface area contributed by atoms with Gasteiger partial charge in [0.25, 0.3) is 0 Å². The third kappa shape index (κ3) is 3.84. The highest BCUT2D eigenvalue weighted by Crippen LogP contribution is 2.31. The molecule has 1 aliphatic rings. The number of amides is 1. The first-order valence-corrected chi connectivity index (χ1v) is 11.0. The smallest absolute Gasteiger partial charge is 0.244 e. The van der Waals surface area contributed by atoms with Crippen molar-refractivity contribution < 1.29 is 13.2 Å². The van der Waals surface area contributed by atoms with Crippen LogP contribution in [0, 0.1) is 34.6 Å². The number of rotatable bonds is 4. The van der Waals surface area contributed by atoms with Crippen molar-refractivity contribution in [3.63, 3.8) is 0 Å². The minimum Gasteiger partial charge on any atom is -0.324 e. The van der Waals surface area contributed by atoms with E-state index < -0.39 is 16.1 Å². The van der Waals surface area contributed by atoms with E-state index in [2.05, 4.69) is 5.32 Å². The van der Waals surface area contributed by atoms with E-state index >= 15 is 0 Å². The quantitative estimate of drug-likeness (QED) is 0.843. The molecule has 3 rings (SSSR count). The van der Waals surface area contributed by atoms with Crippen LogP contribution in [0.1, 0.15) is 40.7 Å². The predicted molar refractivity (Wildman–Crippen MR) is 112 cm³/mol. The summed E-state index contributed by atoms with van der Waals surface area (Å²) in [6, 6.07) is 8.86. The largest absolute Gasteiger partial charge is 0.324 e. The van der Waals surface area contributed by atoms with Crippen molar-refractivity contribution in [2.45, 2.75) is 58.4 Å². The molecule has 0 spiro atoms. The molecule has 0 aromatic heterocycles. The lowest BCUT2D eigenvalue weighted by atomic mass is 10.1. The average molecular weight is 401 g/mol. The van der Waals surface area contributed by atoms with Crippen LogP contribution in [-0.2, 0) is 14.8 Å². The van der Waals surface area contributed by atoms with Gasteiger partial charge in [0.2, 0.25) is 15.9 Å². The Balaban J connectivity index is 1.91. The van der Waals surface area contributed by atoms with Crippen LogP contribution in [0.15, 0.2) is 35.2 Å². The van der Waals surface area contributed by atoms with E-state index in [1.54, 1.807) is 0 Å². The van der Waals surface area contributed by atoms with Crippen molar-refractivity contribution in [2.75, 3.05) is 11.9 Å². The summed E-state index contributed by atoms with van der Waals surface area (Å²) >= 11 is 0. The molecule has 6 heteroatoms. The highest BCUT2D eigenvalue weighted by molar-refractivity contribution is 7.89. The first-order chi connectivity index (χ1) is 13.1. The Morgan fingerprint density at radius 1 is 0.964 bits per heavy atom. The summed E-state index contributed by atoms with van der Waals surface area (Å²) in [6.07, 6.45) is 1.20. The molecule has 28 heavy (non-hydrogen) atoms. The fourth-order valence-corrected chi connectivity index (χ4v) is 6.22. The van der Waals surface area contributed by atoms with Gasteiger partial charge in [0, 0.05) is 12.2 Å². The molecule has 5 nitrogen and oxygen atoms in total. The minimum absolute atomic E-state index is 0.268. The monoisotopic (exact) mass is 400 g/mol. The summed E-state index contributed by atoms with van der Waals surface area (Å²) in [5.41, 5.74) is 5.27. The number of benzene rings is 2. The SMILES string of the molecule is Cc1ccc(NC(=O)C2CCCN2S(=O)(=O)c2c(C)cc(C)cc2C)c(C)c1. The van der Waals surface area contributed by atoms with E-state index in [4.69, 9.17) is 0 Å². The molecule has 150 valence electrons. The van der Waals surface area contributed by atoms with Gasteiger partial charge in [-0.2, -0.15) is 4.31 Å². The normalized spacial score (nSPS) is 17.7. The predicted octanol–water partition coefficient (Wildman–Crippen LogP) is 4.02. The number of hydrogen-bond donors (Lipinski definition) is 1. The molecule has 2 aromatic carbocycles. The number of anilines is 1. The second kappa shape index (κ2) is 7.68. The molecule has 1 saturated heterocycles. The Bertz CT molecular complexity index is 1010. The van der Waals surface area contributed by atoms with Crippen molar-refractivity contribution in [3.8, 4) is 0 Å². The zero-order valence-electron chi connectivity index (χ0n) is 17.2. The lowest BCUT2D eigenvalue weighted by molar-refractivity contribution is -0.119. The van der Waals surface area contributed by atoms with Crippen molar-refractivity contribution >= 4 is 21.6 Å². The minimum atomic E-state index is -3.75. The van der Waals surface area contributed by atoms with Crippen LogP contribution in [0.2, 0.25) is 0 Å². The lowest BCUT2D eigenvalue weighted by Crippen LogP contribution is -2.43. The van der Waals surface area contributed by atoms with E-state index in [1.165, 1.54) is 4.31 Å². The molecule has 0 aliphatic carbocycles. The maximum Gasteiger partial charge on any atom is 0.244 e. The third-order valence-electron chi connectivity index (χ3n) is 5.32. The molecule has 1 amide bonds. The third-order valence-corrected chi connectivity index (χ3v) is 7.53. The number of sulfonamides is 1. The molecule has 1 atom stereocenters. The summed E-state index contributed by atoms with van der Waals surface area (Å²) < 4.78 is 28.2. The van der Waals surface area contributed by atoms with E-state index in [0.717, 1.165) is 33.5 Å². The molecule has 0 bridgehead atoms. The Morgan fingerprint density at radius 2 is 1.57 bits per heavy atom. The van der Waals surface area contributed by atoms with Gasteiger partial charge < -0.3 is 5.32 Å². The zero-order chi connectivity index (χ0) is 20.6. The molecule has 1 fully saturated rings. The van der Waals surface area contributed by atoms with Gasteiger partial charge in [-0.1, -0.05) is 35.4 Å². The Hall–Kier alpha value is -2.18. The van der Waals surface area contributed by atoms with Gasteiger partial charge in [-0.05, 0) is 70.2 Å². The van der Waals surface area contributed by atoms with Crippen molar-refractivity contribution in [2.24, 2.45) is 0 Å². The van der Waals surface area contributed by atoms with Crippen molar-refractivity contribution in [3.05, 3.63) is 58.1 Å². The standard InChI is InChI=1S/C22H28N2O3S/c1-14-8-9-19(16(3)11-14)23-22(25)20-7-6-10-24(20)28(26,27)21-17(4)12-15(2)13-18(21)5/h8-9,11-13,20H,6-7,10H2,1-5H3,(H,23,25). The molecule has 0 saturated carbocycles. The fourth-order valence-electron chi connectivity index (χ4n) is 4.15. The van der Waals surface area contributed by atoms with E-state index in [9.17, 15) is 13.2 Å². The van der Waals surface area contributed by atoms with Crippen LogP contribution in [0.5, 0.6) is 0 Å². The molecule has 1 N–H and O–H groups in total. The van der Waals surface area contributed by atoms with Gasteiger partial charge in [0.15, 0.2) is 0 Å². The Morgan fingerprint density at radius 3 is 2.18 bits per heavy atom. The topological polar surface area (TPSA) is 66.5 Å². The highest BCUT2D eigenvalue weighted by Gasteiger charge is 2.40. The number of aryl methyl sites for hydroxylation is 5. The van der Waals surface area contributed by atoms with Crippen LogP contribution in [0.3, 0.4) is 0 Å². The summed E-state index contributed by atoms with van der Waals surface area (Å²) in [5.74, 6) is -0.268. The Labute approximate surface area is 167 Å². The van der Waals surface area contributed by atoms with E-state index in [0.29, 0.717) is 24.3 Å². The molecule has 1 aliphatic heterocycles. The van der Waals surface area contributed by atoms with Gasteiger partial charge in [-0.3, -0.25) is 4.79 Å². The summed E-state index contributed by atoms with van der Waals surface area (Å²) in [5, 5.41) is 2.93. The van der Waals surface area contributed by atoms with Crippen molar-refractivity contribution in [1.82, 2.24) is 4.31 Å². The first kappa shape index (κ1) is 20.6. The first-order valence-electron chi connectivity index (χ1n) is 9.59. The maximum atomic E-state index is 13.4. The molecule has 2 aromatic rings. The van der Waals surface area contributed by atoms with Gasteiger partial charge in [0.05, 0.1) is 4.90 Å². The molecule has 0 radical (unpaired) electrons. The number of carbonyl (C=O) groups is 1. The number of nitrogens with one attached hydrogen (secondary N) is 1. The second-order valence-corrected chi connectivity index (χ2v) is 9.64. The summed E-state index contributed by atoms with van der Waals surface area (Å²) in [6.45, 7) is 9.87. The molecular formula is C22H28N2O3S. The molecular weight excluding hydrogens is 372 g/mol.